The summed E-state index contributed by atoms with van der Waals surface area (Å²) >= 11 is 0. The Balaban J connectivity index is 1.93. The molecule has 5 heteroatoms. The van der Waals surface area contributed by atoms with Crippen LogP contribution in [0.3, 0.4) is 0 Å². The number of hydrogen-bond acceptors (Lipinski definition) is 5. The molecule has 3 N–H and O–H groups in total. The fourth-order valence-corrected chi connectivity index (χ4v) is 1.91. The zero-order valence-corrected chi connectivity index (χ0v) is 10.4. The molecule has 1 unspecified atom stereocenters. The van der Waals surface area contributed by atoms with Gasteiger partial charge in [-0.3, -0.25) is 0 Å². The smallest absolute Gasteiger partial charge is 0.282 e. The van der Waals surface area contributed by atoms with Gasteiger partial charge in [0, 0.05) is 12.5 Å². The van der Waals surface area contributed by atoms with Crippen molar-refractivity contribution in [1.29, 1.82) is 0 Å². The molecule has 0 saturated carbocycles. The summed E-state index contributed by atoms with van der Waals surface area (Å²) in [7, 11) is 0. The van der Waals surface area contributed by atoms with Crippen molar-refractivity contribution in [3.8, 4) is 11.5 Å². The zero-order chi connectivity index (χ0) is 13.0. The molecule has 5 nitrogen and oxygen atoms in total. The van der Waals surface area contributed by atoms with E-state index >= 15 is 0 Å². The molecule has 0 aromatic heterocycles. The molecule has 0 radical (unpaired) electrons. The monoisotopic (exact) mass is 250 g/mol. The third kappa shape index (κ3) is 3.29. The maximum absolute atomic E-state index is 9.38. The van der Waals surface area contributed by atoms with Crippen LogP contribution < -0.4 is 10.5 Å². The summed E-state index contributed by atoms with van der Waals surface area (Å²) in [4.78, 5) is 4.18. The van der Waals surface area contributed by atoms with Gasteiger partial charge in [0.2, 0.25) is 0 Å². The topological polar surface area (TPSA) is 77.1 Å². The number of nitrogens with zero attached hydrogens (tertiary/aromatic N) is 1. The molecule has 18 heavy (non-hydrogen) atoms. The Labute approximate surface area is 106 Å². The first kappa shape index (κ1) is 12.5. The van der Waals surface area contributed by atoms with Gasteiger partial charge in [-0.25, -0.2) is 4.99 Å². The van der Waals surface area contributed by atoms with Gasteiger partial charge in [-0.05, 0) is 18.6 Å². The fourth-order valence-electron chi connectivity index (χ4n) is 1.91. The average molecular weight is 250 g/mol. The van der Waals surface area contributed by atoms with E-state index in [0.29, 0.717) is 12.4 Å². The number of hydrogen-bond donors (Lipinski definition) is 2. The highest BCUT2D eigenvalue weighted by Gasteiger charge is 2.21. The summed E-state index contributed by atoms with van der Waals surface area (Å²) in [6.07, 6.45) is 1.66. The largest absolute Gasteiger partial charge is 0.508 e. The Morgan fingerprint density at radius 1 is 1.61 bits per heavy atom. The molecule has 2 rings (SSSR count). The van der Waals surface area contributed by atoms with Crippen LogP contribution in [0.1, 0.15) is 19.8 Å². The van der Waals surface area contributed by atoms with Crippen molar-refractivity contribution >= 4 is 6.02 Å². The highest BCUT2D eigenvalue weighted by molar-refractivity contribution is 5.73. The van der Waals surface area contributed by atoms with Crippen molar-refractivity contribution in [3.05, 3.63) is 24.3 Å². The molecule has 1 aliphatic rings. The van der Waals surface area contributed by atoms with Crippen LogP contribution in [0.5, 0.6) is 11.5 Å². The summed E-state index contributed by atoms with van der Waals surface area (Å²) < 4.78 is 10.9. The Morgan fingerprint density at radius 2 is 2.44 bits per heavy atom. The Morgan fingerprint density at radius 3 is 3.06 bits per heavy atom. The molecule has 0 spiro atoms. The van der Waals surface area contributed by atoms with Crippen LogP contribution in [0.2, 0.25) is 0 Å². The van der Waals surface area contributed by atoms with Gasteiger partial charge in [-0.1, -0.05) is 13.0 Å². The lowest BCUT2D eigenvalue weighted by Crippen LogP contribution is -2.22. The molecule has 1 heterocycles. The molecular formula is C13H18N2O3. The average Bonchev–Trinajstić information content (AvgIpc) is 2.74. The minimum Gasteiger partial charge on any atom is -0.508 e. The molecule has 1 aliphatic heterocycles. The summed E-state index contributed by atoms with van der Waals surface area (Å²) in [5.41, 5.74) is 5.47. The second-order valence-electron chi connectivity index (χ2n) is 4.31. The Hall–Kier alpha value is -1.91. The van der Waals surface area contributed by atoms with E-state index in [9.17, 15) is 5.11 Å². The summed E-state index contributed by atoms with van der Waals surface area (Å²) in [6, 6.07) is 7.12. The number of benzene rings is 1. The van der Waals surface area contributed by atoms with E-state index in [4.69, 9.17) is 15.2 Å². The van der Waals surface area contributed by atoms with E-state index in [1.807, 2.05) is 6.07 Å². The van der Waals surface area contributed by atoms with E-state index in [1.54, 1.807) is 18.2 Å². The minimum atomic E-state index is 0.0371. The SMILES string of the molecule is CC[C@@H](CC1COC(N)=N1)Oc1cccc(O)c1. The summed E-state index contributed by atoms with van der Waals surface area (Å²) in [5.74, 6) is 0.867. The van der Waals surface area contributed by atoms with Crippen LogP contribution in [0.15, 0.2) is 29.3 Å². The van der Waals surface area contributed by atoms with Gasteiger partial charge < -0.3 is 20.3 Å². The molecule has 2 atom stereocenters. The third-order valence-corrected chi connectivity index (χ3v) is 2.84. The van der Waals surface area contributed by atoms with Crippen LogP contribution in [0.25, 0.3) is 0 Å². The molecule has 0 aliphatic carbocycles. The standard InChI is InChI=1S/C13H18N2O3/c1-2-11(6-9-8-17-13(14)15-9)18-12-5-3-4-10(16)7-12/h3-5,7,9,11,16H,2,6,8H2,1H3,(H2,14,15)/t9?,11-/m0/s1. The predicted molar refractivity (Wildman–Crippen MR) is 68.8 cm³/mol. The maximum Gasteiger partial charge on any atom is 0.282 e. The van der Waals surface area contributed by atoms with E-state index in [1.165, 1.54) is 0 Å². The summed E-state index contributed by atoms with van der Waals surface area (Å²) in [6.45, 7) is 2.57. The van der Waals surface area contributed by atoms with E-state index in [-0.39, 0.29) is 23.9 Å². The lowest BCUT2D eigenvalue weighted by Gasteiger charge is -2.19. The van der Waals surface area contributed by atoms with Crippen LogP contribution in [-0.4, -0.2) is 29.9 Å². The van der Waals surface area contributed by atoms with Gasteiger partial charge in [0.05, 0.1) is 6.04 Å². The second kappa shape index (κ2) is 5.62. The first-order chi connectivity index (χ1) is 8.67. The normalized spacial score (nSPS) is 20.1. The van der Waals surface area contributed by atoms with E-state index in [2.05, 4.69) is 11.9 Å². The number of rotatable bonds is 5. The first-order valence-electron chi connectivity index (χ1n) is 6.09. The number of phenolic OH excluding ortho intramolecular Hbond substituents is 1. The molecule has 0 fully saturated rings. The quantitative estimate of drug-likeness (QED) is 0.833. The first-order valence-corrected chi connectivity index (χ1v) is 6.09. The lowest BCUT2D eigenvalue weighted by molar-refractivity contribution is 0.168. The minimum absolute atomic E-state index is 0.0371. The molecule has 98 valence electrons. The van der Waals surface area contributed by atoms with Crippen molar-refractivity contribution in [2.45, 2.75) is 31.9 Å². The van der Waals surface area contributed by atoms with Crippen molar-refractivity contribution in [1.82, 2.24) is 0 Å². The van der Waals surface area contributed by atoms with Crippen LogP contribution in [0, 0.1) is 0 Å². The summed E-state index contributed by atoms with van der Waals surface area (Å²) in [5, 5.41) is 9.38. The van der Waals surface area contributed by atoms with E-state index in [0.717, 1.165) is 12.8 Å². The lowest BCUT2D eigenvalue weighted by atomic mass is 10.1. The highest BCUT2D eigenvalue weighted by atomic mass is 16.5. The number of aliphatic imine (C=N–C) groups is 1. The number of nitrogens with two attached hydrogens (primary N) is 1. The fraction of sp³-hybridized carbons (Fsp3) is 0.462. The van der Waals surface area contributed by atoms with Crippen molar-refractivity contribution in [2.75, 3.05) is 6.61 Å². The molecular weight excluding hydrogens is 232 g/mol. The Bertz CT molecular complexity index is 434. The van der Waals surface area contributed by atoms with Crippen LogP contribution in [0.4, 0.5) is 0 Å². The van der Waals surface area contributed by atoms with Gasteiger partial charge in [-0.2, -0.15) is 0 Å². The van der Waals surface area contributed by atoms with Crippen LogP contribution >= 0.6 is 0 Å². The predicted octanol–water partition coefficient (Wildman–Crippen LogP) is 1.65. The molecule has 1 aromatic rings. The number of phenols is 1. The van der Waals surface area contributed by atoms with Gasteiger partial charge in [0.15, 0.2) is 0 Å². The van der Waals surface area contributed by atoms with Gasteiger partial charge in [-0.15, -0.1) is 0 Å². The zero-order valence-electron chi connectivity index (χ0n) is 10.4. The molecule has 1 aromatic carbocycles. The van der Waals surface area contributed by atoms with Crippen molar-refractivity contribution in [2.24, 2.45) is 10.7 Å². The highest BCUT2D eigenvalue weighted by Crippen LogP contribution is 2.22. The maximum atomic E-state index is 9.38. The molecule has 0 bridgehead atoms. The Kier molecular flexibility index (Phi) is 3.92. The number of amidine groups is 1. The van der Waals surface area contributed by atoms with Crippen LogP contribution in [-0.2, 0) is 4.74 Å². The van der Waals surface area contributed by atoms with Crippen molar-refractivity contribution < 1.29 is 14.6 Å². The molecule has 0 amide bonds. The van der Waals surface area contributed by atoms with E-state index < -0.39 is 0 Å². The third-order valence-electron chi connectivity index (χ3n) is 2.84. The number of aromatic hydroxyl groups is 1. The molecule has 0 saturated heterocycles. The van der Waals surface area contributed by atoms with Gasteiger partial charge in [0.1, 0.15) is 24.2 Å². The van der Waals surface area contributed by atoms with Crippen molar-refractivity contribution in [3.63, 3.8) is 0 Å². The van der Waals surface area contributed by atoms with Gasteiger partial charge >= 0.3 is 0 Å². The number of ether oxygens (including phenoxy) is 2. The second-order valence-corrected chi connectivity index (χ2v) is 4.31. The van der Waals surface area contributed by atoms with Gasteiger partial charge in [0.25, 0.3) is 6.02 Å².